The summed E-state index contributed by atoms with van der Waals surface area (Å²) in [7, 11) is 0. The molecule has 1 aliphatic carbocycles. The van der Waals surface area contributed by atoms with Crippen molar-refractivity contribution in [1.82, 2.24) is 29.8 Å². The number of allylic oxidation sites excluding steroid dienone is 1. The molecule has 34 heavy (non-hydrogen) atoms. The summed E-state index contributed by atoms with van der Waals surface area (Å²) in [6.45, 7) is 5.22. The lowest BCUT2D eigenvalue weighted by molar-refractivity contribution is 0.613. The van der Waals surface area contributed by atoms with Crippen LogP contribution >= 0.6 is 0 Å². The van der Waals surface area contributed by atoms with Crippen LogP contribution in [0, 0.1) is 0 Å². The van der Waals surface area contributed by atoms with Crippen LogP contribution < -0.4 is 10.9 Å². The van der Waals surface area contributed by atoms with E-state index in [0.29, 0.717) is 12.0 Å². The van der Waals surface area contributed by atoms with E-state index in [1.165, 1.54) is 12.0 Å². The third kappa shape index (κ3) is 3.82. The Labute approximate surface area is 198 Å². The van der Waals surface area contributed by atoms with Crippen molar-refractivity contribution >= 4 is 0 Å². The number of nitrogens with zero attached hydrogens (tertiary/aromatic N) is 3. The molecule has 1 aliphatic heterocycles. The van der Waals surface area contributed by atoms with Gasteiger partial charge < -0.3 is 15.3 Å². The molecule has 4 aromatic rings. The summed E-state index contributed by atoms with van der Waals surface area (Å²) < 4.78 is 1.66. The van der Waals surface area contributed by atoms with Gasteiger partial charge in [0.05, 0.1) is 29.8 Å². The molecule has 2 fully saturated rings. The summed E-state index contributed by atoms with van der Waals surface area (Å²) in [5, 5.41) is 3.47. The molecule has 1 saturated carbocycles. The molecule has 7 heteroatoms. The van der Waals surface area contributed by atoms with Crippen LogP contribution in [0.15, 0.2) is 71.9 Å². The minimum absolute atomic E-state index is 0.0807. The van der Waals surface area contributed by atoms with Crippen molar-refractivity contribution in [3.05, 3.63) is 89.1 Å². The van der Waals surface area contributed by atoms with E-state index in [2.05, 4.69) is 31.8 Å². The first-order valence-electron chi connectivity index (χ1n) is 12.0. The maximum Gasteiger partial charge on any atom is 0.255 e. The van der Waals surface area contributed by atoms with Crippen LogP contribution in [-0.2, 0) is 0 Å². The molecular formula is C27H28N6O. The van der Waals surface area contributed by atoms with E-state index in [1.807, 2.05) is 48.9 Å². The summed E-state index contributed by atoms with van der Waals surface area (Å²) in [6.07, 6.45) is 11.1. The predicted octanol–water partition coefficient (Wildman–Crippen LogP) is 4.87. The second-order valence-corrected chi connectivity index (χ2v) is 9.29. The molecular weight excluding hydrogens is 424 g/mol. The Balaban J connectivity index is 1.21. The number of imidazole rings is 2. The van der Waals surface area contributed by atoms with Crippen molar-refractivity contribution in [3.63, 3.8) is 0 Å². The normalized spacial score (nSPS) is 20.3. The Kier molecular flexibility index (Phi) is 5.26. The first kappa shape index (κ1) is 20.9. The molecule has 0 radical (unpaired) electrons. The monoisotopic (exact) mass is 452 g/mol. The number of aromatic amines is 2. The highest BCUT2D eigenvalue weighted by Crippen LogP contribution is 2.37. The predicted molar refractivity (Wildman–Crippen MR) is 133 cm³/mol. The number of rotatable bonds is 5. The fourth-order valence-corrected chi connectivity index (χ4v) is 5.14. The summed E-state index contributed by atoms with van der Waals surface area (Å²) in [5.74, 6) is 2.23. The van der Waals surface area contributed by atoms with Gasteiger partial charge in [0, 0.05) is 29.4 Å². The van der Waals surface area contributed by atoms with E-state index in [-0.39, 0.29) is 5.56 Å². The Hall–Kier alpha value is -3.71. The van der Waals surface area contributed by atoms with E-state index in [1.54, 1.807) is 10.6 Å². The number of H-pyrrole nitrogens is 2. The fourth-order valence-electron chi connectivity index (χ4n) is 5.14. The SMILES string of the molecule is C=C1CCCC1c1ncc(-c2ccn(-c3ccc(-c4cnc(C5CCCN5)[nH]4)cc3)c(=O)c2)[nH]1. The Bertz CT molecular complexity index is 1390. The first-order valence-corrected chi connectivity index (χ1v) is 12.0. The highest BCUT2D eigenvalue weighted by Gasteiger charge is 2.24. The zero-order chi connectivity index (χ0) is 23.1. The van der Waals surface area contributed by atoms with Crippen molar-refractivity contribution in [3.8, 4) is 28.2 Å². The summed E-state index contributed by atoms with van der Waals surface area (Å²) >= 11 is 0. The zero-order valence-electron chi connectivity index (χ0n) is 19.1. The molecule has 4 heterocycles. The Morgan fingerprint density at radius 1 is 0.912 bits per heavy atom. The molecule has 0 amide bonds. The molecule has 6 rings (SSSR count). The molecule has 7 nitrogen and oxygen atoms in total. The quantitative estimate of drug-likeness (QED) is 0.377. The molecule has 0 bridgehead atoms. The van der Waals surface area contributed by atoms with Gasteiger partial charge in [-0.3, -0.25) is 9.36 Å². The van der Waals surface area contributed by atoms with Crippen LogP contribution in [0.1, 0.15) is 55.7 Å². The maximum absolute atomic E-state index is 12.9. The average molecular weight is 453 g/mol. The van der Waals surface area contributed by atoms with Crippen molar-refractivity contribution < 1.29 is 0 Å². The van der Waals surface area contributed by atoms with Gasteiger partial charge in [-0.25, -0.2) is 9.97 Å². The van der Waals surface area contributed by atoms with E-state index < -0.39 is 0 Å². The van der Waals surface area contributed by atoms with Gasteiger partial charge in [0.2, 0.25) is 0 Å². The van der Waals surface area contributed by atoms with Crippen molar-refractivity contribution in [2.24, 2.45) is 0 Å². The number of aromatic nitrogens is 5. The smallest absolute Gasteiger partial charge is 0.255 e. The van der Waals surface area contributed by atoms with Gasteiger partial charge in [0.25, 0.3) is 5.56 Å². The number of nitrogens with one attached hydrogen (secondary N) is 3. The van der Waals surface area contributed by atoms with Crippen LogP contribution in [0.2, 0.25) is 0 Å². The van der Waals surface area contributed by atoms with Crippen molar-refractivity contribution in [2.45, 2.75) is 44.1 Å². The van der Waals surface area contributed by atoms with Crippen molar-refractivity contribution in [1.29, 1.82) is 0 Å². The van der Waals surface area contributed by atoms with Gasteiger partial charge in [-0.05, 0) is 62.4 Å². The minimum atomic E-state index is -0.0807. The number of hydrogen-bond acceptors (Lipinski definition) is 4. The van der Waals surface area contributed by atoms with Gasteiger partial charge in [0.1, 0.15) is 11.6 Å². The van der Waals surface area contributed by atoms with Gasteiger partial charge in [-0.2, -0.15) is 0 Å². The topological polar surface area (TPSA) is 91.4 Å². The number of benzene rings is 1. The van der Waals surface area contributed by atoms with Crippen LogP contribution in [0.4, 0.5) is 0 Å². The van der Waals surface area contributed by atoms with E-state index in [4.69, 9.17) is 0 Å². The maximum atomic E-state index is 12.9. The third-order valence-corrected chi connectivity index (χ3v) is 7.08. The zero-order valence-corrected chi connectivity index (χ0v) is 19.1. The van der Waals surface area contributed by atoms with Crippen LogP contribution in [0.25, 0.3) is 28.2 Å². The third-order valence-electron chi connectivity index (χ3n) is 7.08. The Morgan fingerprint density at radius 2 is 1.68 bits per heavy atom. The van der Waals surface area contributed by atoms with Crippen LogP contribution in [0.5, 0.6) is 0 Å². The molecule has 3 N–H and O–H groups in total. The molecule has 2 atom stereocenters. The van der Waals surface area contributed by atoms with Gasteiger partial charge in [-0.15, -0.1) is 0 Å². The average Bonchev–Trinajstić information content (AvgIpc) is 3.66. The molecule has 0 spiro atoms. The van der Waals surface area contributed by atoms with E-state index in [9.17, 15) is 4.79 Å². The van der Waals surface area contributed by atoms with Gasteiger partial charge in [0.15, 0.2) is 0 Å². The fraction of sp³-hybridized carbons (Fsp3) is 0.296. The summed E-state index contributed by atoms with van der Waals surface area (Å²) in [6, 6.07) is 11.9. The highest BCUT2D eigenvalue weighted by atomic mass is 16.1. The number of pyridine rings is 1. The van der Waals surface area contributed by atoms with E-state index >= 15 is 0 Å². The number of hydrogen-bond donors (Lipinski definition) is 3. The van der Waals surface area contributed by atoms with Crippen LogP contribution in [-0.4, -0.2) is 31.0 Å². The second-order valence-electron chi connectivity index (χ2n) is 9.29. The van der Waals surface area contributed by atoms with Crippen LogP contribution in [0.3, 0.4) is 0 Å². The Morgan fingerprint density at radius 3 is 2.38 bits per heavy atom. The molecule has 1 saturated heterocycles. The molecule has 3 aromatic heterocycles. The molecule has 172 valence electrons. The summed E-state index contributed by atoms with van der Waals surface area (Å²) in [5.41, 5.74) is 5.71. The second kappa shape index (κ2) is 8.57. The van der Waals surface area contributed by atoms with Crippen molar-refractivity contribution in [2.75, 3.05) is 6.54 Å². The molecule has 1 aromatic carbocycles. The lowest BCUT2D eigenvalue weighted by atomic mass is 10.0. The molecule has 2 aliphatic rings. The summed E-state index contributed by atoms with van der Waals surface area (Å²) in [4.78, 5) is 28.9. The lowest BCUT2D eigenvalue weighted by Gasteiger charge is -2.09. The van der Waals surface area contributed by atoms with E-state index in [0.717, 1.165) is 72.1 Å². The highest BCUT2D eigenvalue weighted by molar-refractivity contribution is 5.61. The van der Waals surface area contributed by atoms with Gasteiger partial charge >= 0.3 is 0 Å². The van der Waals surface area contributed by atoms with Gasteiger partial charge in [-0.1, -0.05) is 24.3 Å². The minimum Gasteiger partial charge on any atom is -0.342 e. The largest absolute Gasteiger partial charge is 0.342 e. The first-order chi connectivity index (χ1) is 16.7. The standard InChI is InChI=1S/C27H28N6O/c1-17-4-2-5-21(17)26-29-16-24(31-26)19-11-13-33(25(34)14-19)20-9-7-18(8-10-20)23-15-30-27(32-23)22-6-3-12-28-22/h7-11,13-16,21-22,28H,1-6,12H2,(H,29,31)(H,30,32). The lowest BCUT2D eigenvalue weighted by Crippen LogP contribution is -2.16. The molecule has 2 unspecified atom stereocenters.